The topological polar surface area (TPSA) is 26.3 Å². The van der Waals surface area contributed by atoms with Gasteiger partial charge in [0, 0.05) is 10.6 Å². The number of Topliss-reactive ketones (excluding diaryl/α,β-unsaturated/α-hetero) is 1. The van der Waals surface area contributed by atoms with Gasteiger partial charge in [-0.1, -0.05) is 44.0 Å². The summed E-state index contributed by atoms with van der Waals surface area (Å²) in [6.07, 6.45) is 3.38. The molecule has 0 aromatic heterocycles. The van der Waals surface area contributed by atoms with Gasteiger partial charge in [-0.05, 0) is 48.8 Å². The van der Waals surface area contributed by atoms with Gasteiger partial charge in [-0.15, -0.1) is 0 Å². The molecule has 0 saturated heterocycles. The van der Waals surface area contributed by atoms with E-state index in [1.165, 1.54) is 6.42 Å². The molecule has 0 amide bonds. The lowest BCUT2D eigenvalue weighted by Gasteiger charge is -2.38. The lowest BCUT2D eigenvalue weighted by atomic mass is 9.71. The molecule has 0 radical (unpaired) electrons. The Bertz CT molecular complexity index is 526. The molecule has 1 fully saturated rings. The van der Waals surface area contributed by atoms with Gasteiger partial charge >= 0.3 is 0 Å². The summed E-state index contributed by atoms with van der Waals surface area (Å²) >= 11 is 11.9. The molecule has 2 unspecified atom stereocenters. The normalized spacial score (nSPS) is 24.8. The highest BCUT2D eigenvalue weighted by atomic mass is 35.5. The molecule has 0 bridgehead atoms. The third kappa shape index (κ3) is 4.70. The maximum Gasteiger partial charge on any atom is 0.189 e. The summed E-state index contributed by atoms with van der Waals surface area (Å²) in [5, 5.41) is 0.911. The summed E-state index contributed by atoms with van der Waals surface area (Å²) in [7, 11) is 0. The number of hydrogen-bond donors (Lipinski definition) is 0. The van der Waals surface area contributed by atoms with Gasteiger partial charge < -0.3 is 4.74 Å². The van der Waals surface area contributed by atoms with Crippen LogP contribution >= 0.6 is 23.2 Å². The highest BCUT2D eigenvalue weighted by Gasteiger charge is 2.32. The Morgan fingerprint density at radius 1 is 1.33 bits per heavy atom. The van der Waals surface area contributed by atoms with Gasteiger partial charge in [0.25, 0.3) is 0 Å². The van der Waals surface area contributed by atoms with Crippen LogP contribution in [-0.2, 0) is 4.74 Å². The number of ketones is 1. The minimum atomic E-state index is -0.0901. The molecule has 116 valence electrons. The molecular formula is C17H22Cl2O2. The molecule has 2 atom stereocenters. The molecule has 1 saturated carbocycles. The molecule has 2 nitrogen and oxygen atoms in total. The van der Waals surface area contributed by atoms with E-state index in [4.69, 9.17) is 27.9 Å². The van der Waals surface area contributed by atoms with Gasteiger partial charge in [0.05, 0.1) is 11.1 Å². The number of benzene rings is 1. The van der Waals surface area contributed by atoms with Crippen molar-refractivity contribution >= 4 is 29.0 Å². The molecule has 21 heavy (non-hydrogen) atoms. The first-order chi connectivity index (χ1) is 9.77. The Morgan fingerprint density at radius 3 is 2.67 bits per heavy atom. The molecule has 2 rings (SSSR count). The van der Waals surface area contributed by atoms with Crippen molar-refractivity contribution in [1.29, 1.82) is 0 Å². The zero-order valence-electron chi connectivity index (χ0n) is 12.8. The van der Waals surface area contributed by atoms with Gasteiger partial charge in [-0.25, -0.2) is 0 Å². The number of halogens is 2. The van der Waals surface area contributed by atoms with Crippen LogP contribution in [0.2, 0.25) is 10.0 Å². The molecule has 4 heteroatoms. The predicted molar refractivity (Wildman–Crippen MR) is 87.3 cm³/mol. The first-order valence-corrected chi connectivity index (χ1v) is 8.12. The second kappa shape index (κ2) is 6.68. The van der Waals surface area contributed by atoms with Crippen LogP contribution in [0.1, 0.15) is 50.4 Å². The molecule has 0 spiro atoms. The Balaban J connectivity index is 1.95. The summed E-state index contributed by atoms with van der Waals surface area (Å²) in [6, 6.07) is 4.92. The summed E-state index contributed by atoms with van der Waals surface area (Å²) in [5.41, 5.74) is 0.757. The van der Waals surface area contributed by atoms with Crippen LogP contribution in [0.3, 0.4) is 0 Å². The van der Waals surface area contributed by atoms with E-state index in [0.29, 0.717) is 21.5 Å². The third-order valence-corrected chi connectivity index (χ3v) is 4.58. The predicted octanol–water partition coefficient (Wildman–Crippen LogP) is 5.41. The van der Waals surface area contributed by atoms with Crippen LogP contribution in [0.25, 0.3) is 0 Å². The van der Waals surface area contributed by atoms with E-state index >= 15 is 0 Å². The fraction of sp³-hybridized carbons (Fsp3) is 0.588. The second-order valence-electron chi connectivity index (χ2n) is 6.89. The molecule has 0 aliphatic heterocycles. The van der Waals surface area contributed by atoms with Crippen molar-refractivity contribution in [3.05, 3.63) is 33.8 Å². The average molecular weight is 329 g/mol. The lowest BCUT2D eigenvalue weighted by molar-refractivity contribution is -0.0167. The molecule has 1 aliphatic carbocycles. The quantitative estimate of drug-likeness (QED) is 0.691. The van der Waals surface area contributed by atoms with E-state index in [1.54, 1.807) is 18.2 Å². The van der Waals surface area contributed by atoms with Crippen molar-refractivity contribution in [3.63, 3.8) is 0 Å². The molecular weight excluding hydrogens is 307 g/mol. The van der Waals surface area contributed by atoms with E-state index in [0.717, 1.165) is 12.8 Å². The van der Waals surface area contributed by atoms with Crippen molar-refractivity contribution < 1.29 is 9.53 Å². The zero-order valence-corrected chi connectivity index (χ0v) is 14.3. The van der Waals surface area contributed by atoms with E-state index in [1.807, 2.05) is 0 Å². The maximum absolute atomic E-state index is 12.2. The summed E-state index contributed by atoms with van der Waals surface area (Å²) in [6.45, 7) is 6.85. The zero-order chi connectivity index (χ0) is 15.6. The third-order valence-electron chi connectivity index (χ3n) is 4.03. The fourth-order valence-electron chi connectivity index (χ4n) is 3.37. The largest absolute Gasteiger partial charge is 0.370 e. The van der Waals surface area contributed by atoms with Gasteiger partial charge in [0.15, 0.2) is 5.78 Å². The standard InChI is InChI=1S/C17H22Cl2O2/c1-11-6-13(9-17(2,3)8-11)21-10-16(20)14-5-4-12(18)7-15(14)19/h4-5,7,11,13H,6,8-10H2,1-3H3. The van der Waals surface area contributed by atoms with E-state index in [-0.39, 0.29) is 23.9 Å². The summed E-state index contributed by atoms with van der Waals surface area (Å²) in [5.74, 6) is 0.542. The SMILES string of the molecule is CC1CC(OCC(=O)c2ccc(Cl)cc2Cl)CC(C)(C)C1. The Hall–Kier alpha value is -0.570. The Morgan fingerprint density at radius 2 is 2.05 bits per heavy atom. The van der Waals surface area contributed by atoms with Crippen molar-refractivity contribution in [3.8, 4) is 0 Å². The van der Waals surface area contributed by atoms with Crippen molar-refractivity contribution in [2.24, 2.45) is 11.3 Å². The monoisotopic (exact) mass is 328 g/mol. The molecule has 1 aromatic rings. The van der Waals surface area contributed by atoms with Crippen LogP contribution < -0.4 is 0 Å². The van der Waals surface area contributed by atoms with E-state index in [9.17, 15) is 4.79 Å². The Labute approximate surface area is 136 Å². The Kier molecular flexibility index (Phi) is 5.34. The number of hydrogen-bond acceptors (Lipinski definition) is 2. The van der Waals surface area contributed by atoms with E-state index in [2.05, 4.69) is 20.8 Å². The summed E-state index contributed by atoms with van der Waals surface area (Å²) in [4.78, 5) is 12.2. The minimum Gasteiger partial charge on any atom is -0.370 e. The minimum absolute atomic E-state index is 0.0782. The van der Waals surface area contributed by atoms with Crippen LogP contribution in [-0.4, -0.2) is 18.5 Å². The lowest BCUT2D eigenvalue weighted by Crippen LogP contribution is -2.33. The van der Waals surface area contributed by atoms with Gasteiger partial charge in [0.2, 0.25) is 0 Å². The smallest absolute Gasteiger partial charge is 0.189 e. The number of rotatable bonds is 4. The average Bonchev–Trinajstić information content (AvgIpc) is 2.33. The molecule has 0 N–H and O–H groups in total. The van der Waals surface area contributed by atoms with Gasteiger partial charge in [0.1, 0.15) is 6.61 Å². The molecule has 1 aromatic carbocycles. The van der Waals surface area contributed by atoms with Gasteiger partial charge in [-0.2, -0.15) is 0 Å². The van der Waals surface area contributed by atoms with Crippen LogP contribution in [0.15, 0.2) is 18.2 Å². The first kappa shape index (κ1) is 16.8. The molecule has 0 heterocycles. The highest BCUT2D eigenvalue weighted by Crippen LogP contribution is 2.39. The second-order valence-corrected chi connectivity index (χ2v) is 7.74. The van der Waals surface area contributed by atoms with Crippen molar-refractivity contribution in [1.82, 2.24) is 0 Å². The number of carbonyl (C=O) groups is 1. The van der Waals surface area contributed by atoms with Crippen LogP contribution in [0.4, 0.5) is 0 Å². The number of carbonyl (C=O) groups excluding carboxylic acids is 1. The van der Waals surface area contributed by atoms with E-state index < -0.39 is 0 Å². The summed E-state index contributed by atoms with van der Waals surface area (Å²) < 4.78 is 5.85. The maximum atomic E-state index is 12.2. The highest BCUT2D eigenvalue weighted by molar-refractivity contribution is 6.36. The van der Waals surface area contributed by atoms with Gasteiger partial charge in [-0.3, -0.25) is 4.79 Å². The first-order valence-electron chi connectivity index (χ1n) is 7.37. The fourth-order valence-corrected chi connectivity index (χ4v) is 3.89. The van der Waals surface area contributed by atoms with Crippen molar-refractivity contribution in [2.45, 2.75) is 46.1 Å². The van der Waals surface area contributed by atoms with Crippen LogP contribution in [0.5, 0.6) is 0 Å². The van der Waals surface area contributed by atoms with Crippen LogP contribution in [0, 0.1) is 11.3 Å². The van der Waals surface area contributed by atoms with Crippen molar-refractivity contribution in [2.75, 3.05) is 6.61 Å². The molecule has 1 aliphatic rings. The number of ether oxygens (including phenoxy) is 1.